The normalized spacial score (nSPS) is 15.1. The van der Waals surface area contributed by atoms with Gasteiger partial charge in [0.25, 0.3) is 0 Å². The molecule has 0 radical (unpaired) electrons. The van der Waals surface area contributed by atoms with Crippen LogP contribution in [0.2, 0.25) is 0 Å². The lowest BCUT2D eigenvalue weighted by Crippen LogP contribution is -2.55. The molecule has 17 heteroatoms. The zero-order chi connectivity index (χ0) is 46.8. The average molecular weight is 904 g/mol. The van der Waals surface area contributed by atoms with Gasteiger partial charge in [-0.2, -0.15) is 49.1 Å². The number of aromatic nitrogens is 3. The van der Waals surface area contributed by atoms with E-state index in [9.17, 15) is 35.9 Å². The first kappa shape index (κ1) is 47.4. The Morgan fingerprint density at radius 2 is 1.48 bits per heavy atom. The molecule has 5 aromatic rings. The maximum absolute atomic E-state index is 16.6. The number of alkyl halides is 6. The van der Waals surface area contributed by atoms with Crippen molar-refractivity contribution in [2.75, 3.05) is 10.8 Å². The molecule has 9 nitrogen and oxygen atoms in total. The molecule has 0 saturated heterocycles. The Morgan fingerprint density at radius 3 is 2.02 bits per heavy atom. The molecule has 63 heavy (non-hydrogen) atoms. The predicted molar refractivity (Wildman–Crippen MR) is 230 cm³/mol. The first-order chi connectivity index (χ1) is 29.1. The summed E-state index contributed by atoms with van der Waals surface area (Å²) in [5.41, 5.74) is -1.65. The van der Waals surface area contributed by atoms with Crippen molar-refractivity contribution < 1.29 is 49.8 Å². The van der Waals surface area contributed by atoms with E-state index in [0.29, 0.717) is 46.8 Å². The summed E-state index contributed by atoms with van der Waals surface area (Å²) in [5, 5.41) is 6.46. The van der Waals surface area contributed by atoms with Gasteiger partial charge < -0.3 is 9.47 Å². The Bertz CT molecular complexity index is 2520. The zero-order valence-electron chi connectivity index (χ0n) is 36.8. The van der Waals surface area contributed by atoms with E-state index < -0.39 is 64.1 Å². The number of halogens is 7. The number of hydrogen-bond acceptors (Lipinski definition) is 7. The van der Waals surface area contributed by atoms with Crippen molar-refractivity contribution in [2.45, 2.75) is 130 Å². The second-order valence-electron chi connectivity index (χ2n) is 18.1. The van der Waals surface area contributed by atoms with E-state index in [4.69, 9.17) is 14.6 Å². The summed E-state index contributed by atoms with van der Waals surface area (Å²) in [6.07, 6.45) is -8.41. The summed E-state index contributed by atoms with van der Waals surface area (Å²) in [6, 6.07) is 10.5. The number of fused-ring (bicyclic) bond motifs is 2. The Labute approximate surface area is 367 Å². The molecule has 0 N–H and O–H groups in total. The third kappa shape index (κ3) is 9.31. The number of aryl methyl sites for hydroxylation is 2. The molecule has 1 aliphatic heterocycles. The first-order valence-corrected chi connectivity index (χ1v) is 21.2. The second-order valence-corrected chi connectivity index (χ2v) is 18.4. The van der Waals surface area contributed by atoms with Gasteiger partial charge in [0, 0.05) is 41.6 Å². The Kier molecular flexibility index (Phi) is 12.7. The molecule has 0 aliphatic carbocycles. The number of carbonyl (C=O) groups is 2. The van der Waals surface area contributed by atoms with Crippen molar-refractivity contribution in [3.05, 3.63) is 106 Å². The number of benzene rings is 3. The molecule has 0 saturated carbocycles. The van der Waals surface area contributed by atoms with Gasteiger partial charge in [0.05, 0.1) is 33.7 Å². The molecule has 0 bridgehead atoms. The molecular weight excluding hydrogens is 852 g/mol. The maximum Gasteiger partial charge on any atom is 0.430 e. The van der Waals surface area contributed by atoms with Crippen LogP contribution in [0, 0.1) is 5.82 Å². The number of nitrogens with zero attached hydrogens (tertiary/aromatic N) is 5. The smallest absolute Gasteiger partial charge is 0.430 e. The van der Waals surface area contributed by atoms with Crippen LogP contribution in [0.1, 0.15) is 108 Å². The summed E-state index contributed by atoms with van der Waals surface area (Å²) < 4.78 is 115. The van der Waals surface area contributed by atoms with Crippen LogP contribution in [-0.2, 0) is 58.1 Å². The highest BCUT2D eigenvalue weighted by Gasteiger charge is 2.46. The quantitative estimate of drug-likeness (QED) is 0.0854. The highest BCUT2D eigenvalue weighted by Crippen LogP contribution is 2.48. The number of esters is 1. The van der Waals surface area contributed by atoms with Crippen LogP contribution in [0.3, 0.4) is 0 Å². The fourth-order valence-corrected chi connectivity index (χ4v) is 8.36. The van der Waals surface area contributed by atoms with E-state index in [1.165, 1.54) is 16.9 Å². The van der Waals surface area contributed by atoms with E-state index in [2.05, 4.69) is 12.6 Å². The minimum atomic E-state index is -5.08. The van der Waals surface area contributed by atoms with E-state index in [0.717, 1.165) is 27.9 Å². The third-order valence-electron chi connectivity index (χ3n) is 11.0. The fourth-order valence-electron chi connectivity index (χ4n) is 8.05. The summed E-state index contributed by atoms with van der Waals surface area (Å²) >= 11 is 4.42. The summed E-state index contributed by atoms with van der Waals surface area (Å²) in [4.78, 5) is 29.6. The summed E-state index contributed by atoms with van der Waals surface area (Å²) in [6.45, 7) is 17.1. The monoisotopic (exact) mass is 903 g/mol. The predicted octanol–water partition coefficient (Wildman–Crippen LogP) is 11.6. The molecule has 3 aromatic carbocycles. The summed E-state index contributed by atoms with van der Waals surface area (Å²) in [5.74, 6) is -1.81. The zero-order valence-corrected chi connectivity index (χ0v) is 37.7. The van der Waals surface area contributed by atoms with Crippen molar-refractivity contribution in [2.24, 2.45) is 0 Å². The Balaban J connectivity index is 1.60. The SMILES string of the molecule is CCc1cccc(CC)c1-n1nc2c(c1-c1ccc(F)c3c1ccn3N(C(=O)OC(C)(C)C)[C@H](CS)C(=O)OC(C)(C)C)CN(Cc1ccc(C(F)(F)F)cc1C(F)(F)F)C2(C)C. The van der Waals surface area contributed by atoms with Gasteiger partial charge in [-0.05, 0) is 115 Å². The van der Waals surface area contributed by atoms with Crippen LogP contribution in [-0.4, -0.2) is 54.4 Å². The largest absolute Gasteiger partial charge is 0.458 e. The van der Waals surface area contributed by atoms with Gasteiger partial charge in [-0.25, -0.2) is 18.7 Å². The fraction of sp³-hybridized carbons (Fsp3) is 0.457. The molecule has 6 rings (SSSR count). The van der Waals surface area contributed by atoms with Crippen molar-refractivity contribution in [1.82, 2.24) is 19.4 Å². The van der Waals surface area contributed by atoms with Crippen LogP contribution >= 0.6 is 12.6 Å². The van der Waals surface area contributed by atoms with E-state index in [1.54, 1.807) is 77.1 Å². The number of hydrogen-bond donors (Lipinski definition) is 1. The number of carbonyl (C=O) groups excluding carboxylic acids is 2. The Hall–Kier alpha value is -5.03. The number of amides is 1. The van der Waals surface area contributed by atoms with Crippen molar-refractivity contribution >= 4 is 35.6 Å². The molecule has 0 spiro atoms. The molecule has 3 heterocycles. The van der Waals surface area contributed by atoms with Gasteiger partial charge in [0.2, 0.25) is 0 Å². The lowest BCUT2D eigenvalue weighted by Gasteiger charge is -2.34. The minimum absolute atomic E-state index is 0.00964. The van der Waals surface area contributed by atoms with Gasteiger partial charge in [-0.1, -0.05) is 38.1 Å². The lowest BCUT2D eigenvalue weighted by molar-refractivity contribution is -0.156. The number of thiol groups is 1. The van der Waals surface area contributed by atoms with Crippen molar-refractivity contribution in [3.63, 3.8) is 0 Å². The van der Waals surface area contributed by atoms with Crippen LogP contribution in [0.5, 0.6) is 0 Å². The third-order valence-corrected chi connectivity index (χ3v) is 11.3. The van der Waals surface area contributed by atoms with Gasteiger partial charge in [0.1, 0.15) is 22.5 Å². The molecule has 0 fully saturated rings. The van der Waals surface area contributed by atoms with Crippen LogP contribution in [0.25, 0.3) is 27.8 Å². The van der Waals surface area contributed by atoms with Crippen molar-refractivity contribution in [3.8, 4) is 16.9 Å². The highest BCUT2D eigenvalue weighted by atomic mass is 32.1. The first-order valence-electron chi connectivity index (χ1n) is 20.5. The topological polar surface area (TPSA) is 81.8 Å². The van der Waals surface area contributed by atoms with E-state index in [-0.39, 0.29) is 36.0 Å². The average Bonchev–Trinajstić information content (AvgIpc) is 3.83. The molecule has 2 aromatic heterocycles. The molecule has 340 valence electrons. The molecule has 1 aliphatic rings. The van der Waals surface area contributed by atoms with Gasteiger partial charge >= 0.3 is 24.4 Å². The van der Waals surface area contributed by atoms with Gasteiger partial charge in [-0.3, -0.25) is 9.58 Å². The molecular formula is C46H52F7N5O4S. The van der Waals surface area contributed by atoms with Crippen LogP contribution in [0.15, 0.2) is 60.8 Å². The van der Waals surface area contributed by atoms with E-state index >= 15 is 4.39 Å². The number of para-hydroxylation sites is 1. The Morgan fingerprint density at radius 1 is 0.857 bits per heavy atom. The number of ether oxygens (including phenoxy) is 2. The molecule has 0 unspecified atom stereocenters. The second kappa shape index (κ2) is 16.8. The lowest BCUT2D eigenvalue weighted by atomic mass is 9.96. The standard InChI is InChI=1S/C46H52F7N5O4S/c1-11-26-14-13-15-27(12-2)36(26)57-37(32-24-55(44(9,10)39(32)54-57)23-28-16-17-29(45(48,49)50)22-33(28)46(51,52)53)30-18-19-34(47)38-31(30)20-21-56(38)58(41(60)62-43(6,7)8)35(25-63)40(59)61-42(3,4)5/h13-22,35,63H,11-12,23-25H2,1-10H3/t35-/m1/s1. The number of rotatable bonds is 10. The highest BCUT2D eigenvalue weighted by molar-refractivity contribution is 7.80. The van der Waals surface area contributed by atoms with Gasteiger partial charge in [-0.15, -0.1) is 0 Å². The summed E-state index contributed by atoms with van der Waals surface area (Å²) in [7, 11) is 0. The van der Waals surface area contributed by atoms with Crippen molar-refractivity contribution in [1.29, 1.82) is 0 Å². The molecule has 1 amide bonds. The minimum Gasteiger partial charge on any atom is -0.458 e. The van der Waals surface area contributed by atoms with Crippen LogP contribution in [0.4, 0.5) is 35.5 Å². The van der Waals surface area contributed by atoms with Crippen LogP contribution < -0.4 is 5.01 Å². The van der Waals surface area contributed by atoms with E-state index in [1.807, 2.05) is 32.0 Å². The molecule has 1 atom stereocenters. The van der Waals surface area contributed by atoms with Gasteiger partial charge in [0.15, 0.2) is 6.04 Å². The maximum atomic E-state index is 16.6.